The predicted molar refractivity (Wildman–Crippen MR) is 99.3 cm³/mol. The molecule has 0 aliphatic rings. The Morgan fingerprint density at radius 2 is 1.89 bits per heavy atom. The lowest BCUT2D eigenvalue weighted by Crippen LogP contribution is -2.38. The lowest BCUT2D eigenvalue weighted by Gasteiger charge is -2.30. The molecular formula is C17H15Cl2F4N5. The van der Waals surface area contributed by atoms with Crippen molar-refractivity contribution >= 4 is 34.8 Å². The van der Waals surface area contributed by atoms with Crippen molar-refractivity contribution in [3.05, 3.63) is 40.5 Å². The summed E-state index contributed by atoms with van der Waals surface area (Å²) in [6.45, 7) is 2.24. The van der Waals surface area contributed by atoms with Gasteiger partial charge in [0.1, 0.15) is 29.7 Å². The van der Waals surface area contributed by atoms with Crippen LogP contribution in [-0.2, 0) is 0 Å². The first kappa shape index (κ1) is 20.6. The van der Waals surface area contributed by atoms with Gasteiger partial charge in [-0.15, -0.1) is 0 Å². The van der Waals surface area contributed by atoms with Crippen LogP contribution >= 0.6 is 23.2 Å². The highest BCUT2D eigenvalue weighted by molar-refractivity contribution is 6.36. The van der Waals surface area contributed by atoms with Gasteiger partial charge in [0.25, 0.3) is 5.78 Å². The molecule has 2 aromatic heterocycles. The zero-order valence-corrected chi connectivity index (χ0v) is 16.3. The molecule has 3 aromatic rings. The summed E-state index contributed by atoms with van der Waals surface area (Å²) in [5.41, 5.74) is -0.224. The topological polar surface area (TPSA) is 46.3 Å². The molecule has 0 saturated carbocycles. The second-order valence-electron chi connectivity index (χ2n) is 6.56. The third kappa shape index (κ3) is 4.15. The SMILES string of the molecule is CC(C)CN(CC(F)(F)F)c1c(-c2c(F)cccc2Cl)c(Cl)nc2ncnn12. The van der Waals surface area contributed by atoms with E-state index in [1.165, 1.54) is 12.1 Å². The molecule has 0 fully saturated rings. The van der Waals surface area contributed by atoms with Gasteiger partial charge >= 0.3 is 6.18 Å². The minimum Gasteiger partial charge on any atom is -0.346 e. The summed E-state index contributed by atoms with van der Waals surface area (Å²) >= 11 is 12.4. The Hall–Kier alpha value is -2.13. The first-order chi connectivity index (χ1) is 13.1. The van der Waals surface area contributed by atoms with E-state index in [-0.39, 0.29) is 45.4 Å². The van der Waals surface area contributed by atoms with Crippen molar-refractivity contribution in [1.82, 2.24) is 19.6 Å². The average Bonchev–Trinajstić information content (AvgIpc) is 3.00. The Morgan fingerprint density at radius 3 is 2.50 bits per heavy atom. The maximum absolute atomic E-state index is 14.6. The monoisotopic (exact) mass is 435 g/mol. The van der Waals surface area contributed by atoms with Crippen molar-refractivity contribution in [2.75, 3.05) is 18.0 Å². The van der Waals surface area contributed by atoms with Crippen molar-refractivity contribution in [3.63, 3.8) is 0 Å². The molecule has 0 unspecified atom stereocenters. The van der Waals surface area contributed by atoms with Gasteiger partial charge in [-0.05, 0) is 18.1 Å². The number of hydrogen-bond acceptors (Lipinski definition) is 4. The van der Waals surface area contributed by atoms with Crippen LogP contribution in [0.1, 0.15) is 13.8 Å². The summed E-state index contributed by atoms with van der Waals surface area (Å²) in [5, 5.41) is 3.74. The molecule has 0 N–H and O–H groups in total. The fourth-order valence-corrected chi connectivity index (χ4v) is 3.44. The molecule has 2 heterocycles. The largest absolute Gasteiger partial charge is 0.405 e. The molecule has 0 radical (unpaired) electrons. The van der Waals surface area contributed by atoms with Crippen LogP contribution in [0.5, 0.6) is 0 Å². The predicted octanol–water partition coefficient (Wildman–Crippen LogP) is 5.26. The van der Waals surface area contributed by atoms with E-state index in [1.54, 1.807) is 13.8 Å². The van der Waals surface area contributed by atoms with E-state index in [0.29, 0.717) is 0 Å². The Morgan fingerprint density at radius 1 is 1.18 bits per heavy atom. The number of halogens is 6. The molecule has 0 atom stereocenters. The Labute approximate surface area is 167 Å². The molecule has 0 spiro atoms. The molecule has 0 amide bonds. The summed E-state index contributed by atoms with van der Waals surface area (Å²) in [6, 6.07) is 3.95. The van der Waals surface area contributed by atoms with E-state index in [2.05, 4.69) is 15.1 Å². The highest BCUT2D eigenvalue weighted by Gasteiger charge is 2.35. The minimum absolute atomic E-state index is 0.00728. The quantitative estimate of drug-likeness (QED) is 0.404. The zero-order chi connectivity index (χ0) is 20.6. The lowest BCUT2D eigenvalue weighted by atomic mass is 10.1. The van der Waals surface area contributed by atoms with Gasteiger partial charge in [0.05, 0.1) is 10.6 Å². The minimum atomic E-state index is -4.52. The zero-order valence-electron chi connectivity index (χ0n) is 14.8. The summed E-state index contributed by atoms with van der Waals surface area (Å²) in [6.07, 6.45) is -3.39. The van der Waals surface area contributed by atoms with Crippen LogP contribution in [0.2, 0.25) is 10.2 Å². The fraction of sp³-hybridized carbons (Fsp3) is 0.353. The number of rotatable bonds is 5. The van der Waals surface area contributed by atoms with Crippen molar-refractivity contribution in [3.8, 4) is 11.1 Å². The number of hydrogen-bond donors (Lipinski definition) is 0. The van der Waals surface area contributed by atoms with Crippen LogP contribution < -0.4 is 4.90 Å². The van der Waals surface area contributed by atoms with E-state index < -0.39 is 18.5 Å². The number of nitrogens with zero attached hydrogens (tertiary/aromatic N) is 5. The Balaban J connectivity index is 2.37. The Bertz CT molecular complexity index is 983. The normalized spacial score (nSPS) is 12.2. The van der Waals surface area contributed by atoms with Gasteiger partial charge in [-0.3, -0.25) is 0 Å². The van der Waals surface area contributed by atoms with E-state index >= 15 is 0 Å². The molecule has 150 valence electrons. The van der Waals surface area contributed by atoms with Crippen molar-refractivity contribution < 1.29 is 17.6 Å². The van der Waals surface area contributed by atoms with Crippen molar-refractivity contribution in [2.24, 2.45) is 5.92 Å². The number of benzene rings is 1. The van der Waals surface area contributed by atoms with Crippen LogP contribution in [0, 0.1) is 11.7 Å². The van der Waals surface area contributed by atoms with E-state index in [0.717, 1.165) is 21.8 Å². The molecule has 28 heavy (non-hydrogen) atoms. The molecule has 11 heteroatoms. The highest BCUT2D eigenvalue weighted by Crippen LogP contribution is 2.42. The van der Waals surface area contributed by atoms with Crippen LogP contribution in [0.4, 0.5) is 23.4 Å². The van der Waals surface area contributed by atoms with Crippen LogP contribution in [-0.4, -0.2) is 38.8 Å². The van der Waals surface area contributed by atoms with Gasteiger partial charge in [-0.25, -0.2) is 4.39 Å². The van der Waals surface area contributed by atoms with E-state index in [9.17, 15) is 17.6 Å². The third-order valence-electron chi connectivity index (χ3n) is 3.83. The number of alkyl halides is 3. The Kier molecular flexibility index (Phi) is 5.67. The van der Waals surface area contributed by atoms with E-state index in [1.807, 2.05) is 0 Å². The van der Waals surface area contributed by atoms with Gasteiger partial charge in [-0.1, -0.05) is 43.1 Å². The maximum atomic E-state index is 14.6. The first-order valence-corrected chi connectivity index (χ1v) is 8.99. The van der Waals surface area contributed by atoms with Gasteiger partial charge < -0.3 is 4.90 Å². The summed E-state index contributed by atoms with van der Waals surface area (Å²) in [4.78, 5) is 8.97. The summed E-state index contributed by atoms with van der Waals surface area (Å²) in [7, 11) is 0. The molecular weight excluding hydrogens is 421 g/mol. The average molecular weight is 436 g/mol. The van der Waals surface area contributed by atoms with Crippen LogP contribution in [0.3, 0.4) is 0 Å². The van der Waals surface area contributed by atoms with Crippen molar-refractivity contribution in [1.29, 1.82) is 0 Å². The molecule has 0 bridgehead atoms. The second-order valence-corrected chi connectivity index (χ2v) is 7.32. The molecule has 3 rings (SSSR count). The smallest absolute Gasteiger partial charge is 0.346 e. The lowest BCUT2D eigenvalue weighted by molar-refractivity contribution is -0.120. The maximum Gasteiger partial charge on any atom is 0.405 e. The molecule has 0 aliphatic heterocycles. The highest BCUT2D eigenvalue weighted by atomic mass is 35.5. The second kappa shape index (κ2) is 7.71. The molecule has 0 aliphatic carbocycles. The summed E-state index contributed by atoms with van der Waals surface area (Å²) < 4.78 is 55.7. The standard InChI is InChI=1S/C17H15Cl2F4N5/c1-9(2)6-27(7-17(21,22)23)15-13(12-10(18)4-3-5-11(12)20)14(19)26-16-24-8-25-28(15)16/h3-5,8-9H,6-7H2,1-2H3. The van der Waals surface area contributed by atoms with E-state index in [4.69, 9.17) is 23.2 Å². The fourth-order valence-electron chi connectivity index (χ4n) is 2.93. The number of aromatic nitrogens is 4. The van der Waals surface area contributed by atoms with Gasteiger partial charge in [0.15, 0.2) is 0 Å². The van der Waals surface area contributed by atoms with Crippen LogP contribution in [0.25, 0.3) is 16.9 Å². The van der Waals surface area contributed by atoms with Gasteiger partial charge in [0, 0.05) is 12.1 Å². The van der Waals surface area contributed by atoms with Crippen molar-refractivity contribution in [2.45, 2.75) is 20.0 Å². The molecule has 0 saturated heterocycles. The first-order valence-electron chi connectivity index (χ1n) is 8.23. The third-order valence-corrected chi connectivity index (χ3v) is 4.41. The molecule has 5 nitrogen and oxygen atoms in total. The summed E-state index contributed by atoms with van der Waals surface area (Å²) in [5.74, 6) is -0.970. The van der Waals surface area contributed by atoms with Gasteiger partial charge in [-0.2, -0.15) is 32.8 Å². The molecule has 1 aromatic carbocycles. The number of anilines is 1. The van der Waals surface area contributed by atoms with Gasteiger partial charge in [0.2, 0.25) is 0 Å². The number of fused-ring (bicyclic) bond motifs is 1. The van der Waals surface area contributed by atoms with Crippen LogP contribution in [0.15, 0.2) is 24.5 Å².